The molecule has 0 spiro atoms. The van der Waals surface area contributed by atoms with Crippen LogP contribution in [0.5, 0.6) is 5.75 Å². The Kier molecular flexibility index (Phi) is 6.72. The number of hydrogen-bond donors (Lipinski definition) is 3. The number of hydrogen-bond acceptors (Lipinski definition) is 4. The lowest BCUT2D eigenvalue weighted by molar-refractivity contribution is 0.0754. The third-order valence-corrected chi connectivity index (χ3v) is 2.90. The van der Waals surface area contributed by atoms with Crippen molar-refractivity contribution in [2.75, 3.05) is 13.2 Å². The summed E-state index contributed by atoms with van der Waals surface area (Å²) < 4.78 is 24.6. The molecular formula is C13H18O5S. The van der Waals surface area contributed by atoms with Crippen LogP contribution in [-0.4, -0.2) is 38.3 Å². The van der Waals surface area contributed by atoms with Gasteiger partial charge in [0.2, 0.25) is 0 Å². The van der Waals surface area contributed by atoms with Crippen molar-refractivity contribution in [1.82, 2.24) is 0 Å². The number of benzene rings is 1. The maximum atomic E-state index is 10.5. The summed E-state index contributed by atoms with van der Waals surface area (Å²) in [5.41, 5.74) is 1.76. The second kappa shape index (κ2) is 8.06. The van der Waals surface area contributed by atoms with Gasteiger partial charge < -0.3 is 19.5 Å². The van der Waals surface area contributed by atoms with Gasteiger partial charge in [0.15, 0.2) is 11.1 Å². The highest BCUT2D eigenvalue weighted by Gasteiger charge is 2.03. The SMILES string of the molecule is Cc1cc(OCCC(O)CO)ccc1/C=C/S(=O)O. The van der Waals surface area contributed by atoms with Gasteiger partial charge in [-0.15, -0.1) is 0 Å². The van der Waals surface area contributed by atoms with E-state index < -0.39 is 17.2 Å². The minimum absolute atomic E-state index is 0.273. The van der Waals surface area contributed by atoms with Crippen molar-refractivity contribution >= 4 is 17.2 Å². The fourth-order valence-electron chi connectivity index (χ4n) is 1.46. The molecule has 106 valence electrons. The third kappa shape index (κ3) is 5.98. The van der Waals surface area contributed by atoms with E-state index in [1.807, 2.05) is 13.0 Å². The van der Waals surface area contributed by atoms with E-state index >= 15 is 0 Å². The van der Waals surface area contributed by atoms with Crippen LogP contribution in [0.2, 0.25) is 0 Å². The number of aryl methyl sites for hydroxylation is 1. The van der Waals surface area contributed by atoms with Crippen molar-refractivity contribution in [1.29, 1.82) is 0 Å². The van der Waals surface area contributed by atoms with Crippen molar-refractivity contribution in [3.05, 3.63) is 34.7 Å². The van der Waals surface area contributed by atoms with Gasteiger partial charge in [0, 0.05) is 11.8 Å². The fourth-order valence-corrected chi connectivity index (χ4v) is 1.72. The van der Waals surface area contributed by atoms with E-state index in [9.17, 15) is 4.21 Å². The van der Waals surface area contributed by atoms with Crippen molar-refractivity contribution < 1.29 is 23.7 Å². The normalized spacial score (nSPS) is 14.5. The summed E-state index contributed by atoms with van der Waals surface area (Å²) in [5.74, 6) is 0.657. The van der Waals surface area contributed by atoms with Crippen LogP contribution in [0.3, 0.4) is 0 Å². The zero-order chi connectivity index (χ0) is 14.3. The molecule has 0 amide bonds. The second-order valence-corrected chi connectivity index (χ2v) is 4.90. The number of aliphatic hydroxyl groups excluding tert-OH is 2. The molecule has 0 bridgehead atoms. The van der Waals surface area contributed by atoms with Crippen molar-refractivity contribution in [2.24, 2.45) is 0 Å². The summed E-state index contributed by atoms with van der Waals surface area (Å²) in [6, 6.07) is 5.35. The molecule has 0 saturated heterocycles. The quantitative estimate of drug-likeness (QED) is 0.658. The first-order chi connectivity index (χ1) is 9.02. The van der Waals surface area contributed by atoms with Crippen LogP contribution < -0.4 is 4.74 Å². The van der Waals surface area contributed by atoms with Crippen LogP contribution >= 0.6 is 0 Å². The molecule has 6 heteroatoms. The van der Waals surface area contributed by atoms with Gasteiger partial charge in [-0.1, -0.05) is 6.07 Å². The maximum Gasteiger partial charge on any atom is 0.178 e. The number of rotatable bonds is 7. The molecule has 0 aliphatic carbocycles. The van der Waals surface area contributed by atoms with Crippen LogP contribution in [0, 0.1) is 6.92 Å². The minimum Gasteiger partial charge on any atom is -0.493 e. The second-order valence-electron chi connectivity index (χ2n) is 4.07. The lowest BCUT2D eigenvalue weighted by Gasteiger charge is -2.10. The summed E-state index contributed by atoms with van der Waals surface area (Å²) in [5, 5.41) is 19.0. The molecule has 0 saturated carbocycles. The number of ether oxygens (including phenoxy) is 1. The Morgan fingerprint density at radius 1 is 1.47 bits per heavy atom. The van der Waals surface area contributed by atoms with Gasteiger partial charge in [-0.2, -0.15) is 0 Å². The molecule has 1 aromatic rings. The Morgan fingerprint density at radius 2 is 2.21 bits per heavy atom. The van der Waals surface area contributed by atoms with Crippen LogP contribution in [0.1, 0.15) is 17.5 Å². The van der Waals surface area contributed by atoms with Crippen LogP contribution in [0.15, 0.2) is 23.6 Å². The Hall–Kier alpha value is -1.21. The van der Waals surface area contributed by atoms with Gasteiger partial charge >= 0.3 is 0 Å². The average Bonchev–Trinajstić information content (AvgIpc) is 2.37. The smallest absolute Gasteiger partial charge is 0.178 e. The minimum atomic E-state index is -1.95. The molecule has 19 heavy (non-hydrogen) atoms. The standard InChI is InChI=1S/C13H18O5S/c1-10-8-13(18-6-4-12(15)9-14)3-2-11(10)5-7-19(16)17/h2-3,5,7-8,12,14-15H,4,6,9H2,1H3,(H,16,17)/b7-5+. The van der Waals surface area contributed by atoms with Gasteiger partial charge in [0.05, 0.1) is 19.3 Å². The third-order valence-electron chi connectivity index (χ3n) is 2.54. The predicted octanol–water partition coefficient (Wildman–Crippen LogP) is 1.31. The molecule has 2 atom stereocenters. The van der Waals surface area contributed by atoms with Crippen LogP contribution in [-0.2, 0) is 11.1 Å². The summed E-state index contributed by atoms with van der Waals surface area (Å²) in [6.07, 6.45) is 1.17. The van der Waals surface area contributed by atoms with E-state index in [1.165, 1.54) is 5.41 Å². The largest absolute Gasteiger partial charge is 0.493 e. The lowest BCUT2D eigenvalue weighted by Crippen LogP contribution is -2.15. The molecule has 1 aromatic carbocycles. The fraction of sp³-hybridized carbons (Fsp3) is 0.385. The monoisotopic (exact) mass is 286 g/mol. The molecule has 3 N–H and O–H groups in total. The molecule has 1 rings (SSSR count). The summed E-state index contributed by atoms with van der Waals surface area (Å²) >= 11 is -1.95. The number of aliphatic hydroxyl groups is 2. The topological polar surface area (TPSA) is 87.0 Å². The molecular weight excluding hydrogens is 268 g/mol. The highest BCUT2D eigenvalue weighted by Crippen LogP contribution is 2.18. The first-order valence-corrected chi connectivity index (χ1v) is 7.00. The summed E-state index contributed by atoms with van der Waals surface area (Å²) in [7, 11) is 0. The van der Waals surface area contributed by atoms with Crippen LogP contribution in [0.4, 0.5) is 0 Å². The zero-order valence-electron chi connectivity index (χ0n) is 10.7. The molecule has 0 fully saturated rings. The Labute approximate surface area is 114 Å². The first kappa shape index (κ1) is 15.8. The molecule has 0 radical (unpaired) electrons. The van der Waals surface area contributed by atoms with E-state index in [1.54, 1.807) is 18.2 Å². The van der Waals surface area contributed by atoms with Gasteiger partial charge in [-0.25, -0.2) is 4.21 Å². The molecule has 0 aliphatic heterocycles. The predicted molar refractivity (Wildman–Crippen MR) is 74.2 cm³/mol. The van der Waals surface area contributed by atoms with Crippen molar-refractivity contribution in [3.63, 3.8) is 0 Å². The maximum absolute atomic E-state index is 10.5. The highest BCUT2D eigenvalue weighted by molar-refractivity contribution is 7.82. The van der Waals surface area contributed by atoms with E-state index in [0.717, 1.165) is 11.1 Å². The van der Waals surface area contributed by atoms with Crippen molar-refractivity contribution in [2.45, 2.75) is 19.4 Å². The Bertz CT molecular complexity index is 458. The zero-order valence-corrected chi connectivity index (χ0v) is 11.5. The van der Waals surface area contributed by atoms with Crippen molar-refractivity contribution in [3.8, 4) is 5.75 Å². The van der Waals surface area contributed by atoms with Gasteiger partial charge in [-0.3, -0.25) is 0 Å². The van der Waals surface area contributed by atoms with E-state index in [2.05, 4.69) is 0 Å². The average molecular weight is 286 g/mol. The summed E-state index contributed by atoms with van der Waals surface area (Å²) in [4.78, 5) is 0. The highest BCUT2D eigenvalue weighted by atomic mass is 32.2. The van der Waals surface area contributed by atoms with E-state index in [0.29, 0.717) is 18.8 Å². The van der Waals surface area contributed by atoms with Gasteiger partial charge in [-0.05, 0) is 36.3 Å². The molecule has 5 nitrogen and oxygen atoms in total. The Morgan fingerprint density at radius 3 is 2.79 bits per heavy atom. The molecule has 0 heterocycles. The van der Waals surface area contributed by atoms with Gasteiger partial charge in [0.25, 0.3) is 0 Å². The van der Waals surface area contributed by atoms with E-state index in [4.69, 9.17) is 19.5 Å². The van der Waals surface area contributed by atoms with E-state index in [-0.39, 0.29) is 6.61 Å². The molecule has 0 aromatic heterocycles. The lowest BCUT2D eigenvalue weighted by atomic mass is 10.1. The first-order valence-electron chi connectivity index (χ1n) is 5.83. The molecule has 2 unspecified atom stereocenters. The Balaban J connectivity index is 2.59. The van der Waals surface area contributed by atoms with Crippen LogP contribution in [0.25, 0.3) is 6.08 Å². The van der Waals surface area contributed by atoms with Gasteiger partial charge in [0.1, 0.15) is 5.75 Å². The summed E-state index contributed by atoms with van der Waals surface area (Å²) in [6.45, 7) is 1.91. The molecule has 0 aliphatic rings.